The van der Waals surface area contributed by atoms with Crippen LogP contribution >= 0.6 is 0 Å². The summed E-state index contributed by atoms with van der Waals surface area (Å²) in [5.41, 5.74) is 5.69. The molecule has 3 heteroatoms. The molecular weight excluding hydrogens is 308 g/mol. The highest BCUT2D eigenvalue weighted by Gasteiger charge is 2.14. The summed E-state index contributed by atoms with van der Waals surface area (Å²) in [5.74, 6) is 0.282. The van der Waals surface area contributed by atoms with Crippen LogP contribution in [0.2, 0.25) is 0 Å². The molecule has 0 unspecified atom stereocenters. The van der Waals surface area contributed by atoms with Crippen LogP contribution in [0.15, 0.2) is 48.5 Å². The SMILES string of the molecule is CCn1c(C)c(C)c2cc(C(=O)NC[C@H](C)c3ccccc3)ccc21. The lowest BCUT2D eigenvalue weighted by Crippen LogP contribution is -2.27. The number of hydrogen-bond acceptors (Lipinski definition) is 1. The number of carbonyl (C=O) groups is 1. The van der Waals surface area contributed by atoms with E-state index in [1.165, 1.54) is 27.7 Å². The number of benzene rings is 2. The van der Waals surface area contributed by atoms with Gasteiger partial charge in [0.25, 0.3) is 5.91 Å². The largest absolute Gasteiger partial charge is 0.351 e. The lowest BCUT2D eigenvalue weighted by molar-refractivity contribution is 0.0952. The molecule has 0 aliphatic rings. The van der Waals surface area contributed by atoms with E-state index in [-0.39, 0.29) is 5.91 Å². The Balaban J connectivity index is 1.77. The fourth-order valence-corrected chi connectivity index (χ4v) is 3.45. The third kappa shape index (κ3) is 3.32. The van der Waals surface area contributed by atoms with Crippen LogP contribution in [0.5, 0.6) is 0 Å². The molecule has 0 spiro atoms. The summed E-state index contributed by atoms with van der Waals surface area (Å²) in [7, 11) is 0. The maximum atomic E-state index is 12.6. The number of nitrogens with one attached hydrogen (secondary N) is 1. The highest BCUT2D eigenvalue weighted by Crippen LogP contribution is 2.26. The summed E-state index contributed by atoms with van der Waals surface area (Å²) < 4.78 is 2.30. The Morgan fingerprint density at radius 2 is 1.84 bits per heavy atom. The zero-order chi connectivity index (χ0) is 18.0. The smallest absolute Gasteiger partial charge is 0.251 e. The first-order valence-electron chi connectivity index (χ1n) is 8.95. The van der Waals surface area contributed by atoms with Crippen molar-refractivity contribution in [2.45, 2.75) is 40.2 Å². The highest BCUT2D eigenvalue weighted by atomic mass is 16.1. The molecular formula is C22H26N2O. The maximum absolute atomic E-state index is 12.6. The van der Waals surface area contributed by atoms with Gasteiger partial charge in [-0.15, -0.1) is 0 Å². The van der Waals surface area contributed by atoms with Gasteiger partial charge < -0.3 is 9.88 Å². The first kappa shape index (κ1) is 17.3. The van der Waals surface area contributed by atoms with Crippen LogP contribution < -0.4 is 5.32 Å². The summed E-state index contributed by atoms with van der Waals surface area (Å²) >= 11 is 0. The molecule has 0 bridgehead atoms. The Morgan fingerprint density at radius 1 is 1.12 bits per heavy atom. The fourth-order valence-electron chi connectivity index (χ4n) is 3.45. The molecule has 1 atom stereocenters. The summed E-state index contributed by atoms with van der Waals surface area (Å²) in [5, 5.41) is 4.24. The number of carbonyl (C=O) groups excluding carboxylic acids is 1. The zero-order valence-electron chi connectivity index (χ0n) is 15.5. The van der Waals surface area contributed by atoms with Gasteiger partial charge in [-0.2, -0.15) is 0 Å². The molecule has 1 heterocycles. The first-order chi connectivity index (χ1) is 12.0. The van der Waals surface area contributed by atoms with Crippen LogP contribution in [0.25, 0.3) is 10.9 Å². The third-order valence-corrected chi connectivity index (χ3v) is 5.15. The molecule has 0 saturated heterocycles. The molecule has 0 saturated carbocycles. The average Bonchev–Trinajstić information content (AvgIpc) is 2.90. The van der Waals surface area contributed by atoms with Crippen molar-refractivity contribution < 1.29 is 4.79 Å². The number of aryl methyl sites for hydroxylation is 2. The molecule has 2 aromatic carbocycles. The van der Waals surface area contributed by atoms with Crippen molar-refractivity contribution in [3.8, 4) is 0 Å². The van der Waals surface area contributed by atoms with Gasteiger partial charge >= 0.3 is 0 Å². The number of aromatic nitrogens is 1. The van der Waals surface area contributed by atoms with E-state index in [0.717, 1.165) is 12.1 Å². The minimum atomic E-state index is -0.00835. The van der Waals surface area contributed by atoms with Gasteiger partial charge in [0.1, 0.15) is 0 Å². The van der Waals surface area contributed by atoms with Crippen molar-refractivity contribution >= 4 is 16.8 Å². The van der Waals surface area contributed by atoms with Crippen molar-refractivity contribution in [2.24, 2.45) is 0 Å². The standard InChI is InChI=1S/C22H26N2O/c1-5-24-17(4)16(3)20-13-19(11-12-21(20)24)22(25)23-14-15(2)18-9-7-6-8-10-18/h6-13,15H,5,14H2,1-4H3,(H,23,25)/t15-/m0/s1. The first-order valence-corrected chi connectivity index (χ1v) is 8.95. The Morgan fingerprint density at radius 3 is 2.52 bits per heavy atom. The predicted octanol–water partition coefficient (Wildman–Crippen LogP) is 4.81. The molecule has 1 aromatic heterocycles. The van der Waals surface area contributed by atoms with E-state index in [4.69, 9.17) is 0 Å². The van der Waals surface area contributed by atoms with Gasteiger partial charge in [0.2, 0.25) is 0 Å². The fraction of sp³-hybridized carbons (Fsp3) is 0.318. The second-order valence-corrected chi connectivity index (χ2v) is 6.71. The molecule has 25 heavy (non-hydrogen) atoms. The summed E-state index contributed by atoms with van der Waals surface area (Å²) in [6.07, 6.45) is 0. The lowest BCUT2D eigenvalue weighted by Gasteiger charge is -2.13. The quantitative estimate of drug-likeness (QED) is 0.714. The molecule has 3 rings (SSSR count). The van der Waals surface area contributed by atoms with Crippen molar-refractivity contribution in [1.29, 1.82) is 0 Å². The van der Waals surface area contributed by atoms with Crippen LogP contribution in [0, 0.1) is 13.8 Å². The molecule has 0 aliphatic heterocycles. The summed E-state index contributed by atoms with van der Waals surface area (Å²) in [6.45, 7) is 10.1. The molecule has 0 fully saturated rings. The molecule has 130 valence electrons. The molecule has 1 amide bonds. The minimum Gasteiger partial charge on any atom is -0.351 e. The maximum Gasteiger partial charge on any atom is 0.251 e. The van der Waals surface area contributed by atoms with Gasteiger partial charge in [0.05, 0.1) is 0 Å². The second-order valence-electron chi connectivity index (χ2n) is 6.71. The zero-order valence-corrected chi connectivity index (χ0v) is 15.5. The number of nitrogens with zero attached hydrogens (tertiary/aromatic N) is 1. The van der Waals surface area contributed by atoms with Gasteiger partial charge in [0, 0.05) is 35.2 Å². The second kappa shape index (κ2) is 7.14. The predicted molar refractivity (Wildman–Crippen MR) is 104 cm³/mol. The number of fused-ring (bicyclic) bond motifs is 1. The molecule has 3 nitrogen and oxygen atoms in total. The number of amides is 1. The van der Waals surface area contributed by atoms with Crippen molar-refractivity contribution in [2.75, 3.05) is 6.54 Å². The summed E-state index contributed by atoms with van der Waals surface area (Å²) in [6, 6.07) is 16.3. The van der Waals surface area contributed by atoms with E-state index in [0.29, 0.717) is 12.5 Å². The van der Waals surface area contributed by atoms with E-state index < -0.39 is 0 Å². The lowest BCUT2D eigenvalue weighted by atomic mass is 10.0. The summed E-state index contributed by atoms with van der Waals surface area (Å²) in [4.78, 5) is 12.6. The van der Waals surface area contributed by atoms with Crippen LogP contribution in [-0.2, 0) is 6.54 Å². The van der Waals surface area contributed by atoms with Crippen LogP contribution in [-0.4, -0.2) is 17.0 Å². The number of rotatable bonds is 5. The molecule has 3 aromatic rings. The highest BCUT2D eigenvalue weighted by molar-refractivity contribution is 5.99. The Hall–Kier alpha value is -2.55. The van der Waals surface area contributed by atoms with E-state index >= 15 is 0 Å². The normalized spacial score (nSPS) is 12.3. The van der Waals surface area contributed by atoms with Crippen molar-refractivity contribution in [1.82, 2.24) is 9.88 Å². The van der Waals surface area contributed by atoms with Crippen LogP contribution in [0.3, 0.4) is 0 Å². The van der Waals surface area contributed by atoms with Crippen molar-refractivity contribution in [3.05, 3.63) is 70.9 Å². The van der Waals surface area contributed by atoms with E-state index in [1.54, 1.807) is 0 Å². The Kier molecular flexibility index (Phi) is 4.93. The minimum absolute atomic E-state index is 0.00835. The third-order valence-electron chi connectivity index (χ3n) is 5.15. The van der Waals surface area contributed by atoms with Gasteiger partial charge in [-0.05, 0) is 56.0 Å². The van der Waals surface area contributed by atoms with Crippen LogP contribution in [0.1, 0.15) is 46.9 Å². The molecule has 0 aliphatic carbocycles. The van der Waals surface area contributed by atoms with E-state index in [9.17, 15) is 4.79 Å². The topological polar surface area (TPSA) is 34.0 Å². The number of hydrogen-bond donors (Lipinski definition) is 1. The van der Waals surface area contributed by atoms with Gasteiger partial charge in [-0.1, -0.05) is 37.3 Å². The average molecular weight is 334 g/mol. The van der Waals surface area contributed by atoms with Gasteiger partial charge in [0.15, 0.2) is 0 Å². The van der Waals surface area contributed by atoms with E-state index in [2.05, 4.69) is 55.8 Å². The van der Waals surface area contributed by atoms with Gasteiger partial charge in [-0.3, -0.25) is 4.79 Å². The monoisotopic (exact) mass is 334 g/mol. The van der Waals surface area contributed by atoms with Crippen molar-refractivity contribution in [3.63, 3.8) is 0 Å². The van der Waals surface area contributed by atoms with Gasteiger partial charge in [-0.25, -0.2) is 0 Å². The molecule has 0 radical (unpaired) electrons. The Bertz CT molecular complexity index is 893. The van der Waals surface area contributed by atoms with Crippen LogP contribution in [0.4, 0.5) is 0 Å². The van der Waals surface area contributed by atoms with E-state index in [1.807, 2.05) is 30.3 Å². The Labute approximate surface area is 149 Å². The molecule has 1 N–H and O–H groups in total.